The summed E-state index contributed by atoms with van der Waals surface area (Å²) in [6.45, 7) is 7.45. The largest absolute Gasteiger partial charge is 0.454 e. The number of benzene rings is 1. The van der Waals surface area contributed by atoms with Crippen molar-refractivity contribution in [2.24, 2.45) is 0 Å². The summed E-state index contributed by atoms with van der Waals surface area (Å²) in [6, 6.07) is 8.07. The molecule has 7 nitrogen and oxygen atoms in total. The molecule has 8 heteroatoms. The Hall–Kier alpha value is -2.61. The lowest BCUT2D eigenvalue weighted by atomic mass is 10.1. The Bertz CT molecular complexity index is 988. The zero-order chi connectivity index (χ0) is 21.2. The van der Waals surface area contributed by atoms with E-state index in [9.17, 15) is 18.0 Å². The maximum Gasteiger partial charge on any atom is 0.340 e. The van der Waals surface area contributed by atoms with Gasteiger partial charge in [0.2, 0.25) is 10.0 Å². The van der Waals surface area contributed by atoms with E-state index in [1.54, 1.807) is 6.07 Å². The van der Waals surface area contributed by atoms with Crippen molar-refractivity contribution in [2.45, 2.75) is 33.7 Å². The van der Waals surface area contributed by atoms with E-state index in [4.69, 9.17) is 4.74 Å². The molecule has 2 aromatic rings. The molecule has 0 unspecified atom stereocenters. The van der Waals surface area contributed by atoms with Crippen LogP contribution < -0.4 is 4.31 Å². The summed E-state index contributed by atoms with van der Waals surface area (Å²) in [4.78, 5) is 24.7. The number of carbonyl (C=O) groups is 2. The summed E-state index contributed by atoms with van der Waals surface area (Å²) >= 11 is 0. The number of aromatic nitrogens is 1. The van der Waals surface area contributed by atoms with Gasteiger partial charge in [-0.1, -0.05) is 0 Å². The Kier molecular flexibility index (Phi) is 6.34. The molecule has 0 aliphatic rings. The topological polar surface area (TPSA) is 85.7 Å². The molecule has 28 heavy (non-hydrogen) atoms. The van der Waals surface area contributed by atoms with Gasteiger partial charge in [-0.25, -0.2) is 13.2 Å². The summed E-state index contributed by atoms with van der Waals surface area (Å²) in [5.74, 6) is -0.902. The number of nitrogens with zero attached hydrogens (tertiary/aromatic N) is 2. The van der Waals surface area contributed by atoms with E-state index in [2.05, 4.69) is 0 Å². The Balaban J connectivity index is 2.06. The van der Waals surface area contributed by atoms with Gasteiger partial charge in [-0.2, -0.15) is 0 Å². The molecule has 0 N–H and O–H groups in total. The van der Waals surface area contributed by atoms with Crippen molar-refractivity contribution < 1.29 is 22.7 Å². The van der Waals surface area contributed by atoms with Crippen LogP contribution in [-0.4, -0.2) is 44.6 Å². The molecule has 0 radical (unpaired) electrons. The van der Waals surface area contributed by atoms with Crippen LogP contribution in [0.15, 0.2) is 30.3 Å². The second-order valence-electron chi connectivity index (χ2n) is 7.03. The number of sulfonamides is 1. The molecule has 0 saturated carbocycles. The van der Waals surface area contributed by atoms with Crippen molar-refractivity contribution >= 4 is 27.5 Å². The van der Waals surface area contributed by atoms with Crippen LogP contribution >= 0.6 is 0 Å². The molecule has 0 amide bonds. The highest BCUT2D eigenvalue weighted by Gasteiger charge is 2.20. The first-order valence-corrected chi connectivity index (χ1v) is 10.7. The van der Waals surface area contributed by atoms with E-state index < -0.39 is 16.0 Å². The third-order valence-electron chi connectivity index (χ3n) is 4.61. The highest BCUT2D eigenvalue weighted by atomic mass is 32.2. The first-order valence-electron chi connectivity index (χ1n) is 8.86. The summed E-state index contributed by atoms with van der Waals surface area (Å²) < 4.78 is 31.5. The Morgan fingerprint density at radius 1 is 1.14 bits per heavy atom. The van der Waals surface area contributed by atoms with Crippen LogP contribution in [0.3, 0.4) is 0 Å². The molecule has 2 rings (SSSR count). The van der Waals surface area contributed by atoms with Gasteiger partial charge in [0, 0.05) is 30.0 Å². The molecule has 1 aromatic heterocycles. The Morgan fingerprint density at radius 3 is 2.18 bits per heavy atom. The van der Waals surface area contributed by atoms with Crippen molar-refractivity contribution in [3.05, 3.63) is 52.8 Å². The van der Waals surface area contributed by atoms with Crippen LogP contribution in [0.4, 0.5) is 5.69 Å². The lowest BCUT2D eigenvalue weighted by Crippen LogP contribution is -2.24. The van der Waals surface area contributed by atoms with Crippen molar-refractivity contribution in [2.75, 3.05) is 24.2 Å². The van der Waals surface area contributed by atoms with Gasteiger partial charge in [-0.05, 0) is 58.0 Å². The second-order valence-corrected chi connectivity index (χ2v) is 9.04. The third-order valence-corrected chi connectivity index (χ3v) is 5.81. The van der Waals surface area contributed by atoms with Gasteiger partial charge < -0.3 is 9.30 Å². The minimum atomic E-state index is -3.38. The summed E-state index contributed by atoms with van der Waals surface area (Å²) in [7, 11) is -1.94. The molecule has 0 aliphatic carbocycles. The average Bonchev–Trinajstić information content (AvgIpc) is 2.92. The van der Waals surface area contributed by atoms with Crippen LogP contribution in [0.5, 0.6) is 0 Å². The molecule has 0 aliphatic heterocycles. The highest BCUT2D eigenvalue weighted by molar-refractivity contribution is 7.92. The predicted molar refractivity (Wildman–Crippen MR) is 109 cm³/mol. The number of rotatable bonds is 7. The first kappa shape index (κ1) is 21.7. The van der Waals surface area contributed by atoms with Gasteiger partial charge in [-0.3, -0.25) is 9.10 Å². The van der Waals surface area contributed by atoms with Crippen LogP contribution in [-0.2, 0) is 14.8 Å². The number of hydrogen-bond acceptors (Lipinski definition) is 5. The third kappa shape index (κ3) is 4.62. The second kappa shape index (κ2) is 8.18. The smallest absolute Gasteiger partial charge is 0.340 e. The molecule has 0 fully saturated rings. The van der Waals surface area contributed by atoms with Gasteiger partial charge in [-0.15, -0.1) is 0 Å². The van der Waals surface area contributed by atoms with Crippen molar-refractivity contribution in [3.8, 4) is 0 Å². The van der Waals surface area contributed by atoms with Crippen LogP contribution in [0.1, 0.15) is 52.0 Å². The molecular formula is C20H26N2O5S. The zero-order valence-corrected chi connectivity index (χ0v) is 17.8. The van der Waals surface area contributed by atoms with Crippen molar-refractivity contribution in [1.82, 2.24) is 4.57 Å². The molecule has 1 aromatic carbocycles. The number of aryl methyl sites for hydroxylation is 1. The van der Waals surface area contributed by atoms with E-state index in [0.717, 1.165) is 21.9 Å². The van der Waals surface area contributed by atoms with E-state index in [-0.39, 0.29) is 18.4 Å². The quantitative estimate of drug-likeness (QED) is 0.521. The average molecular weight is 407 g/mol. The molecule has 0 saturated heterocycles. The number of carbonyl (C=O) groups excluding carboxylic acids is 2. The Labute approximate surface area is 166 Å². The molecule has 0 bridgehead atoms. The van der Waals surface area contributed by atoms with Crippen molar-refractivity contribution in [1.29, 1.82) is 0 Å². The highest BCUT2D eigenvalue weighted by Crippen LogP contribution is 2.21. The SMILES string of the molecule is Cc1cc(C(=O)OCC(=O)c2ccc(N(C)S(C)(=O)=O)cc2)c(C)n1C(C)C. The monoisotopic (exact) mass is 406 g/mol. The fourth-order valence-corrected chi connectivity index (χ4v) is 3.62. The lowest BCUT2D eigenvalue weighted by molar-refractivity contribution is 0.0474. The summed E-state index contributed by atoms with van der Waals surface area (Å²) in [6.07, 6.45) is 1.10. The fraction of sp³-hybridized carbons (Fsp3) is 0.400. The number of esters is 1. The first-order chi connectivity index (χ1) is 12.9. The molecule has 0 atom stereocenters. The number of Topliss-reactive ketones (excluding diaryl/α,β-unsaturated/α-hetero) is 1. The summed E-state index contributed by atoms with van der Waals surface area (Å²) in [5.41, 5.74) is 2.99. The predicted octanol–water partition coefficient (Wildman–Crippen LogP) is 3.12. The maximum absolute atomic E-state index is 12.4. The minimum Gasteiger partial charge on any atom is -0.454 e. The van der Waals surface area contributed by atoms with Gasteiger partial charge in [0.25, 0.3) is 0 Å². The van der Waals surface area contributed by atoms with E-state index >= 15 is 0 Å². The Morgan fingerprint density at radius 2 is 1.71 bits per heavy atom. The number of anilines is 1. The van der Waals surface area contributed by atoms with Crippen LogP contribution in [0.25, 0.3) is 0 Å². The lowest BCUT2D eigenvalue weighted by Gasteiger charge is -2.16. The number of ether oxygens (including phenoxy) is 1. The number of ketones is 1. The van der Waals surface area contributed by atoms with Crippen LogP contribution in [0.2, 0.25) is 0 Å². The molecule has 1 heterocycles. The van der Waals surface area contributed by atoms with Gasteiger partial charge in [0.15, 0.2) is 12.4 Å². The molecule has 0 spiro atoms. The maximum atomic E-state index is 12.4. The number of hydrogen-bond donors (Lipinski definition) is 0. The molecule has 152 valence electrons. The standard InChI is InChI=1S/C20H26N2O5S/c1-13(2)22-14(3)11-18(15(22)4)20(24)27-12-19(23)16-7-9-17(10-8-16)21(5)28(6,25)26/h7-11,13H,12H2,1-6H3. The zero-order valence-electron chi connectivity index (χ0n) is 17.0. The van der Waals surface area contributed by atoms with E-state index in [1.807, 2.05) is 32.3 Å². The van der Waals surface area contributed by atoms with E-state index in [0.29, 0.717) is 16.8 Å². The fourth-order valence-electron chi connectivity index (χ4n) is 3.12. The normalized spacial score (nSPS) is 11.5. The van der Waals surface area contributed by atoms with Crippen LogP contribution in [0, 0.1) is 13.8 Å². The summed E-state index contributed by atoms with van der Waals surface area (Å²) in [5, 5.41) is 0. The van der Waals surface area contributed by atoms with Crippen molar-refractivity contribution in [3.63, 3.8) is 0 Å². The van der Waals surface area contributed by atoms with Gasteiger partial charge in [0.1, 0.15) is 0 Å². The minimum absolute atomic E-state index is 0.215. The molecular weight excluding hydrogens is 380 g/mol. The van der Waals surface area contributed by atoms with E-state index in [1.165, 1.54) is 31.3 Å². The van der Waals surface area contributed by atoms with Gasteiger partial charge in [0.05, 0.1) is 17.5 Å². The van der Waals surface area contributed by atoms with Gasteiger partial charge >= 0.3 is 5.97 Å².